The summed E-state index contributed by atoms with van der Waals surface area (Å²) < 4.78 is 7.24. The minimum Gasteiger partial charge on any atom is -0.454 e. The zero-order valence-corrected chi connectivity index (χ0v) is 45.9. The molecule has 0 radical (unpaired) electrons. The number of anilines is 9. The zero-order chi connectivity index (χ0) is 51.7. The van der Waals surface area contributed by atoms with Crippen LogP contribution in [0.25, 0.3) is 21.9 Å². The topological polar surface area (TPSA) is 22.9 Å². The van der Waals surface area contributed by atoms with E-state index in [1.54, 1.807) is 0 Å². The van der Waals surface area contributed by atoms with Gasteiger partial charge in [-0.05, 0) is 150 Å². The molecule has 0 fully saturated rings. The van der Waals surface area contributed by atoms with Gasteiger partial charge >= 0.3 is 0 Å². The first-order valence-electron chi connectivity index (χ1n) is 26.5. The van der Waals surface area contributed by atoms with E-state index >= 15 is 0 Å². The van der Waals surface area contributed by atoms with Crippen molar-refractivity contribution in [1.82, 2.24) is 0 Å². The van der Waals surface area contributed by atoms with Crippen LogP contribution in [0.1, 0.15) is 132 Å². The third-order valence-electron chi connectivity index (χ3n) is 15.7. The van der Waals surface area contributed by atoms with Gasteiger partial charge in [-0.2, -0.15) is 0 Å². The van der Waals surface area contributed by atoms with Crippen molar-refractivity contribution < 1.29 is 4.42 Å². The van der Waals surface area contributed by atoms with Gasteiger partial charge in [0.05, 0.1) is 16.8 Å². The molecule has 0 spiro atoms. The van der Waals surface area contributed by atoms with Crippen molar-refractivity contribution in [3.63, 3.8) is 0 Å². The van der Waals surface area contributed by atoms with Crippen LogP contribution in [0.5, 0.6) is 0 Å². The second-order valence-corrected chi connectivity index (χ2v) is 26.0. The summed E-state index contributed by atoms with van der Waals surface area (Å²) in [5.41, 5.74) is 22.4. The summed E-state index contributed by atoms with van der Waals surface area (Å²) >= 11 is 0. The fraction of sp³-hybridized carbons (Fsp3) is 0.294. The van der Waals surface area contributed by atoms with Gasteiger partial charge in [0.1, 0.15) is 5.58 Å². The molecular weight excluding hydrogens is 886 g/mol. The number of hydrogen-bond acceptors (Lipinski definition) is 4. The SMILES string of the molecule is CC(C)(C)c1ccc(N2c3ccc(C(C)(C)C)cc3B3c4cc(C(C)(C)C)ccc4N(c4ccc(N(c5ccc(C(C)(C)C)cc5)c5ccc(C(C)(C)C)cc5)c5oc6ccccc6c45)c4cccc2c43)cc1. The number of nitrogens with zero attached hydrogens (tertiary/aromatic N) is 3. The fourth-order valence-electron chi connectivity index (χ4n) is 11.3. The van der Waals surface area contributed by atoms with Crippen molar-refractivity contribution in [3.05, 3.63) is 192 Å². The molecule has 4 nitrogen and oxygen atoms in total. The number of para-hydroxylation sites is 1. The van der Waals surface area contributed by atoms with E-state index in [0.717, 1.165) is 50.4 Å². The predicted molar refractivity (Wildman–Crippen MR) is 316 cm³/mol. The first kappa shape index (κ1) is 48.3. The van der Waals surface area contributed by atoms with Crippen molar-refractivity contribution in [1.29, 1.82) is 0 Å². The van der Waals surface area contributed by atoms with Gasteiger partial charge < -0.3 is 19.1 Å². The number of furan rings is 1. The van der Waals surface area contributed by atoms with Gasteiger partial charge in [0, 0.05) is 45.2 Å². The van der Waals surface area contributed by atoms with Crippen LogP contribution < -0.4 is 31.1 Å². The largest absolute Gasteiger partial charge is 0.454 e. The summed E-state index contributed by atoms with van der Waals surface area (Å²) in [4.78, 5) is 7.48. The van der Waals surface area contributed by atoms with Gasteiger partial charge in [0.2, 0.25) is 0 Å². The molecule has 0 unspecified atom stereocenters. The van der Waals surface area contributed by atoms with E-state index in [-0.39, 0.29) is 33.8 Å². The smallest absolute Gasteiger partial charge is 0.252 e. The lowest BCUT2D eigenvalue weighted by Gasteiger charge is -2.45. The quantitative estimate of drug-likeness (QED) is 0.160. The third kappa shape index (κ3) is 8.24. The molecule has 5 heteroatoms. The highest BCUT2D eigenvalue weighted by atomic mass is 16.3. The second kappa shape index (κ2) is 16.8. The maximum absolute atomic E-state index is 7.24. The van der Waals surface area contributed by atoms with E-state index in [1.807, 2.05) is 0 Å². The van der Waals surface area contributed by atoms with Crippen molar-refractivity contribution in [2.24, 2.45) is 0 Å². The molecule has 0 N–H and O–H groups in total. The first-order chi connectivity index (χ1) is 34.4. The Bertz CT molecular complexity index is 3530. The van der Waals surface area contributed by atoms with Crippen LogP contribution in [0.15, 0.2) is 168 Å². The molecule has 8 aromatic carbocycles. The normalized spacial score (nSPS) is 13.9. The minimum atomic E-state index is -0.0689. The Morgan fingerprint density at radius 1 is 0.384 bits per heavy atom. The van der Waals surface area contributed by atoms with Gasteiger partial charge in [0.15, 0.2) is 5.58 Å². The molecule has 0 aliphatic carbocycles. The Hall–Kier alpha value is -6.98. The molecule has 1 aromatic heterocycles. The molecule has 9 aromatic rings. The van der Waals surface area contributed by atoms with Crippen molar-refractivity contribution in [3.8, 4) is 0 Å². The average Bonchev–Trinajstić information content (AvgIpc) is 3.73. The molecule has 0 saturated heterocycles. The molecule has 0 bridgehead atoms. The monoisotopic (exact) mass is 958 g/mol. The Balaban J connectivity index is 1.20. The zero-order valence-electron chi connectivity index (χ0n) is 45.9. The molecule has 0 amide bonds. The van der Waals surface area contributed by atoms with E-state index in [0.29, 0.717) is 0 Å². The third-order valence-corrected chi connectivity index (χ3v) is 15.7. The van der Waals surface area contributed by atoms with Gasteiger partial charge in [-0.25, -0.2) is 0 Å². The number of rotatable bonds is 5. The van der Waals surface area contributed by atoms with E-state index < -0.39 is 0 Å². The lowest BCUT2D eigenvalue weighted by molar-refractivity contribution is 0.590. The van der Waals surface area contributed by atoms with Gasteiger partial charge in [0.25, 0.3) is 6.71 Å². The number of fused-ring (bicyclic) bond motifs is 7. The summed E-state index contributed by atoms with van der Waals surface area (Å²) in [6, 6.07) is 62.3. The van der Waals surface area contributed by atoms with Crippen LogP contribution in [-0.2, 0) is 27.1 Å². The van der Waals surface area contributed by atoms with Crippen LogP contribution >= 0.6 is 0 Å². The standard InChI is InChI=1S/C68H72BN3O/c1-64(2,3)43-23-31-48(32-24-43)70(49-33-25-44(26-34-49)65(4,5)6)59-40-39-56(61-51-19-16-17-22-60(51)73-63(59)61)72-55-38-30-47(68(13,14)15)42-53(55)69-52-41-46(67(10,11)12)29-37-54(52)71(57-20-18-21-58(72)62(57)69)50-35-27-45(28-36-50)66(7,8)9/h16-42H,1-15H3. The van der Waals surface area contributed by atoms with Crippen LogP contribution in [0.2, 0.25) is 0 Å². The Kier molecular flexibility index (Phi) is 11.1. The summed E-state index contributed by atoms with van der Waals surface area (Å²) in [6.45, 7) is 34.5. The van der Waals surface area contributed by atoms with Crippen LogP contribution in [0.4, 0.5) is 51.2 Å². The molecular formula is C68H72BN3O. The lowest BCUT2D eigenvalue weighted by atomic mass is 9.33. The van der Waals surface area contributed by atoms with Crippen LogP contribution in [0.3, 0.4) is 0 Å². The molecule has 368 valence electrons. The number of benzene rings is 8. The fourth-order valence-corrected chi connectivity index (χ4v) is 11.3. The highest BCUT2D eigenvalue weighted by Gasteiger charge is 2.45. The average molecular weight is 958 g/mol. The lowest BCUT2D eigenvalue weighted by Crippen LogP contribution is -2.61. The van der Waals surface area contributed by atoms with Gasteiger partial charge in [-0.1, -0.05) is 189 Å². The maximum Gasteiger partial charge on any atom is 0.252 e. The Morgan fingerprint density at radius 3 is 1.30 bits per heavy atom. The minimum absolute atomic E-state index is 0.0133. The molecule has 73 heavy (non-hydrogen) atoms. The predicted octanol–water partition coefficient (Wildman–Crippen LogP) is 17.6. The van der Waals surface area contributed by atoms with Crippen molar-refractivity contribution >= 4 is 96.2 Å². The molecule has 0 atom stereocenters. The van der Waals surface area contributed by atoms with E-state index in [1.165, 1.54) is 67.0 Å². The van der Waals surface area contributed by atoms with Crippen LogP contribution in [-0.4, -0.2) is 6.71 Å². The van der Waals surface area contributed by atoms with Gasteiger partial charge in [-0.15, -0.1) is 0 Å². The summed E-state index contributed by atoms with van der Waals surface area (Å²) in [6.07, 6.45) is 0. The maximum atomic E-state index is 7.24. The molecule has 11 rings (SSSR count). The highest BCUT2D eigenvalue weighted by Crippen LogP contribution is 2.51. The second-order valence-electron chi connectivity index (χ2n) is 26.0. The molecule has 2 aliphatic heterocycles. The molecule has 3 heterocycles. The Labute approximate surface area is 435 Å². The number of hydrogen-bond donors (Lipinski definition) is 0. The summed E-state index contributed by atoms with van der Waals surface area (Å²) in [7, 11) is 0. The molecule has 0 saturated carbocycles. The first-order valence-corrected chi connectivity index (χ1v) is 26.5. The highest BCUT2D eigenvalue weighted by molar-refractivity contribution is 7.00. The summed E-state index contributed by atoms with van der Waals surface area (Å²) in [5, 5.41) is 2.17. The van der Waals surface area contributed by atoms with E-state index in [2.05, 4.69) is 282 Å². The Morgan fingerprint density at radius 2 is 0.808 bits per heavy atom. The van der Waals surface area contributed by atoms with Crippen LogP contribution in [0, 0.1) is 0 Å². The van der Waals surface area contributed by atoms with E-state index in [4.69, 9.17) is 4.42 Å². The summed E-state index contributed by atoms with van der Waals surface area (Å²) in [5.74, 6) is 0. The van der Waals surface area contributed by atoms with E-state index in [9.17, 15) is 0 Å². The molecule has 2 aliphatic rings. The van der Waals surface area contributed by atoms with Gasteiger partial charge in [-0.3, -0.25) is 0 Å². The van der Waals surface area contributed by atoms with Crippen molar-refractivity contribution in [2.75, 3.05) is 14.7 Å². The van der Waals surface area contributed by atoms with Crippen molar-refractivity contribution in [2.45, 2.75) is 131 Å².